The molecule has 1 N–H and O–H groups in total. The molecule has 1 saturated carbocycles. The van der Waals surface area contributed by atoms with Gasteiger partial charge in [-0.25, -0.2) is 0 Å². The lowest BCUT2D eigenvalue weighted by Crippen LogP contribution is -2.53. The third-order valence-corrected chi connectivity index (χ3v) is 3.26. The lowest BCUT2D eigenvalue weighted by molar-refractivity contribution is -0.148. The predicted molar refractivity (Wildman–Crippen MR) is 60.7 cm³/mol. The number of ether oxygens (including phenoxy) is 1. The molecule has 1 aliphatic rings. The van der Waals surface area contributed by atoms with Gasteiger partial charge in [-0.15, -0.1) is 0 Å². The average molecular weight is 213 g/mol. The van der Waals surface area contributed by atoms with Gasteiger partial charge in [0, 0.05) is 6.04 Å². The molecule has 0 unspecified atom stereocenters. The van der Waals surface area contributed by atoms with Crippen LogP contribution in [0.15, 0.2) is 0 Å². The number of hydrogen-bond acceptors (Lipinski definition) is 3. The number of carbonyl (C=O) groups excluding carboxylic acids is 1. The first-order valence-corrected chi connectivity index (χ1v) is 5.98. The van der Waals surface area contributed by atoms with Crippen LogP contribution in [0.3, 0.4) is 0 Å². The topological polar surface area (TPSA) is 38.3 Å². The second kappa shape index (κ2) is 5.50. The third kappa shape index (κ3) is 3.20. The molecule has 0 saturated heterocycles. The molecule has 0 aromatic carbocycles. The van der Waals surface area contributed by atoms with Crippen molar-refractivity contribution in [1.82, 2.24) is 5.32 Å². The van der Waals surface area contributed by atoms with Crippen molar-refractivity contribution >= 4 is 5.97 Å². The van der Waals surface area contributed by atoms with Gasteiger partial charge in [0.2, 0.25) is 0 Å². The maximum absolute atomic E-state index is 11.7. The van der Waals surface area contributed by atoms with Gasteiger partial charge in [-0.05, 0) is 26.2 Å². The number of methoxy groups -OCH3 is 1. The molecular weight excluding hydrogens is 190 g/mol. The van der Waals surface area contributed by atoms with Crippen molar-refractivity contribution in [2.75, 3.05) is 7.11 Å². The zero-order valence-electron chi connectivity index (χ0n) is 10.1. The van der Waals surface area contributed by atoms with Gasteiger partial charge in [0.1, 0.15) is 5.54 Å². The maximum atomic E-state index is 11.7. The van der Waals surface area contributed by atoms with Crippen molar-refractivity contribution in [3.63, 3.8) is 0 Å². The zero-order valence-corrected chi connectivity index (χ0v) is 10.1. The molecule has 15 heavy (non-hydrogen) atoms. The van der Waals surface area contributed by atoms with E-state index in [1.165, 1.54) is 32.8 Å². The Morgan fingerprint density at radius 3 is 2.53 bits per heavy atom. The Morgan fingerprint density at radius 1 is 1.47 bits per heavy atom. The molecule has 88 valence electrons. The molecule has 0 heterocycles. The zero-order chi connectivity index (χ0) is 11.3. The van der Waals surface area contributed by atoms with Gasteiger partial charge in [0.25, 0.3) is 0 Å². The summed E-state index contributed by atoms with van der Waals surface area (Å²) in [5.41, 5.74) is -0.488. The van der Waals surface area contributed by atoms with Crippen LogP contribution in [-0.2, 0) is 9.53 Å². The standard InChI is InChI=1S/C12H23NO2/c1-4-9-12(2,11(14)15-3)13-10-7-5-6-8-10/h10,13H,4-9H2,1-3H3/t12-/m1/s1. The van der Waals surface area contributed by atoms with Crippen LogP contribution in [0.1, 0.15) is 52.4 Å². The van der Waals surface area contributed by atoms with Crippen LogP contribution in [0.2, 0.25) is 0 Å². The third-order valence-electron chi connectivity index (χ3n) is 3.26. The van der Waals surface area contributed by atoms with E-state index >= 15 is 0 Å². The molecule has 3 nitrogen and oxygen atoms in total. The molecule has 1 atom stereocenters. The molecule has 0 aromatic rings. The number of rotatable bonds is 5. The van der Waals surface area contributed by atoms with E-state index in [1.807, 2.05) is 6.92 Å². The van der Waals surface area contributed by atoms with E-state index in [2.05, 4.69) is 12.2 Å². The summed E-state index contributed by atoms with van der Waals surface area (Å²) >= 11 is 0. The second-order valence-electron chi connectivity index (χ2n) is 4.70. The molecule has 1 aliphatic carbocycles. The van der Waals surface area contributed by atoms with E-state index in [1.54, 1.807) is 0 Å². The van der Waals surface area contributed by atoms with Crippen LogP contribution < -0.4 is 5.32 Å². The summed E-state index contributed by atoms with van der Waals surface area (Å²) < 4.78 is 4.88. The summed E-state index contributed by atoms with van der Waals surface area (Å²) in [5.74, 6) is -0.128. The highest BCUT2D eigenvalue weighted by molar-refractivity contribution is 5.80. The van der Waals surface area contributed by atoms with Crippen LogP contribution in [0.5, 0.6) is 0 Å². The molecular formula is C12H23NO2. The minimum Gasteiger partial charge on any atom is -0.468 e. The van der Waals surface area contributed by atoms with Gasteiger partial charge in [0.05, 0.1) is 7.11 Å². The predicted octanol–water partition coefficient (Wildman–Crippen LogP) is 2.25. The lowest BCUT2D eigenvalue weighted by Gasteiger charge is -2.31. The van der Waals surface area contributed by atoms with Crippen molar-refractivity contribution in [3.05, 3.63) is 0 Å². The Labute approximate surface area is 92.6 Å². The van der Waals surface area contributed by atoms with E-state index in [0.29, 0.717) is 6.04 Å². The van der Waals surface area contributed by atoms with Gasteiger partial charge in [-0.3, -0.25) is 10.1 Å². The van der Waals surface area contributed by atoms with Crippen LogP contribution in [0.25, 0.3) is 0 Å². The summed E-state index contributed by atoms with van der Waals surface area (Å²) in [7, 11) is 1.46. The number of hydrogen-bond donors (Lipinski definition) is 1. The normalized spacial score (nSPS) is 21.3. The number of esters is 1. The van der Waals surface area contributed by atoms with Crippen molar-refractivity contribution in [2.45, 2.75) is 64.0 Å². The first kappa shape index (κ1) is 12.5. The Morgan fingerprint density at radius 2 is 2.07 bits per heavy atom. The minimum atomic E-state index is -0.488. The highest BCUT2D eigenvalue weighted by Crippen LogP contribution is 2.23. The fourth-order valence-corrected chi connectivity index (χ4v) is 2.48. The van der Waals surface area contributed by atoms with Gasteiger partial charge in [0.15, 0.2) is 0 Å². The molecule has 0 aliphatic heterocycles. The SMILES string of the molecule is CCC[C@@](C)(NC1CCCC1)C(=O)OC. The lowest BCUT2D eigenvalue weighted by atomic mass is 9.94. The number of nitrogens with one attached hydrogen (secondary N) is 1. The van der Waals surface area contributed by atoms with Crippen LogP contribution in [0, 0.1) is 0 Å². The van der Waals surface area contributed by atoms with E-state index < -0.39 is 5.54 Å². The van der Waals surface area contributed by atoms with E-state index in [4.69, 9.17) is 4.74 Å². The van der Waals surface area contributed by atoms with Crippen LogP contribution >= 0.6 is 0 Å². The quantitative estimate of drug-likeness (QED) is 0.712. The second-order valence-corrected chi connectivity index (χ2v) is 4.70. The Kier molecular flexibility index (Phi) is 4.58. The minimum absolute atomic E-state index is 0.128. The van der Waals surface area contributed by atoms with E-state index in [0.717, 1.165) is 12.8 Å². The fourth-order valence-electron chi connectivity index (χ4n) is 2.48. The molecule has 0 amide bonds. The molecule has 0 bridgehead atoms. The summed E-state index contributed by atoms with van der Waals surface area (Å²) in [6.07, 6.45) is 6.77. The molecule has 0 radical (unpaired) electrons. The first-order chi connectivity index (χ1) is 7.12. The molecule has 1 fully saturated rings. The Balaban J connectivity index is 2.58. The Bertz CT molecular complexity index is 212. The van der Waals surface area contributed by atoms with Crippen molar-refractivity contribution in [2.24, 2.45) is 0 Å². The average Bonchev–Trinajstić information content (AvgIpc) is 2.69. The smallest absolute Gasteiger partial charge is 0.325 e. The van der Waals surface area contributed by atoms with Crippen LogP contribution in [-0.4, -0.2) is 24.7 Å². The van der Waals surface area contributed by atoms with Gasteiger partial charge >= 0.3 is 5.97 Å². The van der Waals surface area contributed by atoms with E-state index in [-0.39, 0.29) is 5.97 Å². The van der Waals surface area contributed by atoms with Crippen molar-refractivity contribution in [1.29, 1.82) is 0 Å². The summed E-state index contributed by atoms with van der Waals surface area (Å²) in [6.45, 7) is 4.05. The molecule has 0 aromatic heterocycles. The van der Waals surface area contributed by atoms with Crippen molar-refractivity contribution in [3.8, 4) is 0 Å². The van der Waals surface area contributed by atoms with E-state index in [9.17, 15) is 4.79 Å². The molecule has 0 spiro atoms. The van der Waals surface area contributed by atoms with Gasteiger partial charge in [-0.1, -0.05) is 26.2 Å². The maximum Gasteiger partial charge on any atom is 0.325 e. The highest BCUT2D eigenvalue weighted by atomic mass is 16.5. The van der Waals surface area contributed by atoms with Gasteiger partial charge < -0.3 is 4.74 Å². The summed E-state index contributed by atoms with van der Waals surface area (Å²) in [4.78, 5) is 11.7. The van der Waals surface area contributed by atoms with Crippen LogP contribution in [0.4, 0.5) is 0 Å². The largest absolute Gasteiger partial charge is 0.468 e. The molecule has 1 rings (SSSR count). The summed E-state index contributed by atoms with van der Waals surface area (Å²) in [6, 6.07) is 0.501. The Hall–Kier alpha value is -0.570. The van der Waals surface area contributed by atoms with Crippen molar-refractivity contribution < 1.29 is 9.53 Å². The highest BCUT2D eigenvalue weighted by Gasteiger charge is 2.35. The number of carbonyl (C=O) groups is 1. The summed E-state index contributed by atoms with van der Waals surface area (Å²) in [5, 5.41) is 3.47. The van der Waals surface area contributed by atoms with Gasteiger partial charge in [-0.2, -0.15) is 0 Å². The fraction of sp³-hybridized carbons (Fsp3) is 0.917. The first-order valence-electron chi connectivity index (χ1n) is 5.98. The monoisotopic (exact) mass is 213 g/mol. The molecule has 3 heteroatoms.